The number of hydrogen-bond acceptors (Lipinski definition) is 4. The first-order valence-corrected chi connectivity index (χ1v) is 11.5. The first-order chi connectivity index (χ1) is 13.9. The summed E-state index contributed by atoms with van der Waals surface area (Å²) < 4.78 is 45.7. The molecule has 1 fully saturated rings. The Hall–Kier alpha value is -1.97. The van der Waals surface area contributed by atoms with Crippen molar-refractivity contribution >= 4 is 31.9 Å². The number of halogens is 2. The third kappa shape index (κ3) is 5.77. The number of carbonyl (C=O) groups is 1. The number of sulfonamides is 1. The topological polar surface area (TPSA) is 75.7 Å². The van der Waals surface area contributed by atoms with Gasteiger partial charge in [-0.05, 0) is 64.7 Å². The molecule has 0 spiro atoms. The molecular weight excluding hydrogens is 463 g/mol. The molecule has 1 saturated heterocycles. The Balaban J connectivity index is 1.51. The number of ether oxygens (including phenoxy) is 1. The van der Waals surface area contributed by atoms with Crippen molar-refractivity contribution in [3.63, 3.8) is 0 Å². The summed E-state index contributed by atoms with van der Waals surface area (Å²) in [5, 5.41) is 2.71. The third-order valence-corrected chi connectivity index (χ3v) is 7.15. The van der Waals surface area contributed by atoms with E-state index in [1.54, 1.807) is 24.3 Å². The zero-order chi connectivity index (χ0) is 20.9. The van der Waals surface area contributed by atoms with Crippen LogP contribution in [-0.4, -0.2) is 38.3 Å². The van der Waals surface area contributed by atoms with Gasteiger partial charge < -0.3 is 10.1 Å². The highest BCUT2D eigenvalue weighted by molar-refractivity contribution is 9.10. The van der Waals surface area contributed by atoms with E-state index in [0.29, 0.717) is 23.3 Å². The van der Waals surface area contributed by atoms with Crippen LogP contribution in [0, 0.1) is 5.82 Å². The molecule has 1 amide bonds. The monoisotopic (exact) mass is 484 g/mol. The molecule has 1 aliphatic heterocycles. The second-order valence-corrected chi connectivity index (χ2v) is 9.54. The highest BCUT2D eigenvalue weighted by atomic mass is 79.9. The fourth-order valence-corrected chi connectivity index (χ4v) is 5.00. The molecule has 0 unspecified atom stereocenters. The number of nitrogens with zero attached hydrogens (tertiary/aromatic N) is 1. The summed E-state index contributed by atoms with van der Waals surface area (Å²) in [5.74, 6) is -0.375. The van der Waals surface area contributed by atoms with Crippen LogP contribution in [0.4, 0.5) is 4.39 Å². The third-order valence-electron chi connectivity index (χ3n) is 4.62. The van der Waals surface area contributed by atoms with Crippen LogP contribution in [0.2, 0.25) is 0 Å². The van der Waals surface area contributed by atoms with Crippen molar-refractivity contribution in [3.05, 3.63) is 58.3 Å². The molecule has 6 nitrogen and oxygen atoms in total. The van der Waals surface area contributed by atoms with Crippen molar-refractivity contribution in [2.24, 2.45) is 0 Å². The highest BCUT2D eigenvalue weighted by Gasteiger charge is 2.25. The molecule has 29 heavy (non-hydrogen) atoms. The number of amides is 1. The van der Waals surface area contributed by atoms with Crippen LogP contribution in [0.25, 0.3) is 0 Å². The molecule has 2 aromatic rings. The summed E-state index contributed by atoms with van der Waals surface area (Å²) in [6.07, 6.45) is 2.84. The minimum Gasteiger partial charge on any atom is -0.483 e. The Morgan fingerprint density at radius 1 is 1.10 bits per heavy atom. The molecule has 2 aromatic carbocycles. The van der Waals surface area contributed by atoms with Gasteiger partial charge in [-0.3, -0.25) is 4.79 Å². The number of carbonyl (C=O) groups excluding carboxylic acids is 1. The Morgan fingerprint density at radius 2 is 1.79 bits per heavy atom. The lowest BCUT2D eigenvalue weighted by atomic mass is 10.2. The maximum atomic E-state index is 13.1. The number of hydrogen-bond donors (Lipinski definition) is 1. The van der Waals surface area contributed by atoms with Gasteiger partial charge in [0, 0.05) is 19.6 Å². The van der Waals surface area contributed by atoms with Crippen LogP contribution in [0.1, 0.15) is 24.8 Å². The van der Waals surface area contributed by atoms with Crippen molar-refractivity contribution < 1.29 is 22.3 Å². The van der Waals surface area contributed by atoms with E-state index in [-0.39, 0.29) is 24.0 Å². The first kappa shape index (κ1) is 21.7. The number of benzene rings is 2. The van der Waals surface area contributed by atoms with Gasteiger partial charge in [0.05, 0.1) is 9.37 Å². The van der Waals surface area contributed by atoms with Gasteiger partial charge in [0.1, 0.15) is 11.6 Å². The molecule has 0 bridgehead atoms. The summed E-state index contributed by atoms with van der Waals surface area (Å²) in [6.45, 7) is 1.15. The van der Waals surface area contributed by atoms with Crippen molar-refractivity contribution in [2.75, 3.05) is 19.7 Å². The largest absolute Gasteiger partial charge is 0.483 e. The number of nitrogens with one attached hydrogen (secondary N) is 1. The average Bonchev–Trinajstić information content (AvgIpc) is 2.72. The molecule has 0 atom stereocenters. The molecule has 0 radical (unpaired) electrons. The molecule has 1 heterocycles. The van der Waals surface area contributed by atoms with E-state index >= 15 is 0 Å². The summed E-state index contributed by atoms with van der Waals surface area (Å²) in [6, 6.07) is 10.5. The zero-order valence-electron chi connectivity index (χ0n) is 15.7. The van der Waals surface area contributed by atoms with Crippen molar-refractivity contribution in [1.82, 2.24) is 9.62 Å². The van der Waals surface area contributed by atoms with Gasteiger partial charge in [0.15, 0.2) is 6.61 Å². The van der Waals surface area contributed by atoms with E-state index in [0.717, 1.165) is 24.8 Å². The second-order valence-electron chi connectivity index (χ2n) is 6.75. The standard InChI is InChI=1S/C20H22BrFN2O4S/c21-18-12-16(22)6-9-19(18)28-14-20(25)23-13-15-4-7-17(8-5-15)29(26,27)24-10-2-1-3-11-24/h4-9,12H,1-3,10-11,13-14H2,(H,23,25). The smallest absolute Gasteiger partial charge is 0.258 e. The van der Waals surface area contributed by atoms with Crippen LogP contribution < -0.4 is 10.1 Å². The maximum Gasteiger partial charge on any atom is 0.258 e. The van der Waals surface area contributed by atoms with Gasteiger partial charge in [-0.2, -0.15) is 4.31 Å². The van der Waals surface area contributed by atoms with Gasteiger partial charge >= 0.3 is 0 Å². The Bertz CT molecular complexity index is 961. The molecule has 9 heteroatoms. The normalized spacial score (nSPS) is 15.1. The minimum atomic E-state index is -3.46. The van der Waals surface area contributed by atoms with Gasteiger partial charge in [-0.15, -0.1) is 0 Å². The molecule has 1 N–H and O–H groups in total. The van der Waals surface area contributed by atoms with E-state index in [1.165, 1.54) is 22.5 Å². The quantitative estimate of drug-likeness (QED) is 0.652. The van der Waals surface area contributed by atoms with Crippen LogP contribution in [0.3, 0.4) is 0 Å². The molecule has 156 valence electrons. The Kier molecular flexibility index (Phi) is 7.26. The van der Waals surface area contributed by atoms with E-state index in [1.807, 2.05) is 0 Å². The number of piperidine rings is 1. The van der Waals surface area contributed by atoms with Crippen LogP contribution in [0.5, 0.6) is 5.75 Å². The van der Waals surface area contributed by atoms with E-state index in [4.69, 9.17) is 4.74 Å². The van der Waals surface area contributed by atoms with Crippen LogP contribution in [-0.2, 0) is 21.4 Å². The highest BCUT2D eigenvalue weighted by Crippen LogP contribution is 2.25. The van der Waals surface area contributed by atoms with Crippen LogP contribution in [0.15, 0.2) is 51.8 Å². The lowest BCUT2D eigenvalue weighted by Gasteiger charge is -2.25. The van der Waals surface area contributed by atoms with Gasteiger partial charge in [0.2, 0.25) is 10.0 Å². The van der Waals surface area contributed by atoms with Gasteiger partial charge in [0.25, 0.3) is 5.91 Å². The Labute approximate surface area is 178 Å². The summed E-state index contributed by atoms with van der Waals surface area (Å²) in [7, 11) is -3.46. The minimum absolute atomic E-state index is 0.217. The Morgan fingerprint density at radius 3 is 2.45 bits per heavy atom. The summed E-state index contributed by atoms with van der Waals surface area (Å²) >= 11 is 3.18. The van der Waals surface area contributed by atoms with Crippen molar-refractivity contribution in [1.29, 1.82) is 0 Å². The fraction of sp³-hybridized carbons (Fsp3) is 0.350. The molecule has 0 saturated carbocycles. The van der Waals surface area contributed by atoms with Crippen molar-refractivity contribution in [3.8, 4) is 5.75 Å². The van der Waals surface area contributed by atoms with E-state index in [9.17, 15) is 17.6 Å². The predicted octanol–water partition coefficient (Wildman–Crippen LogP) is 3.46. The first-order valence-electron chi connectivity index (χ1n) is 9.30. The SMILES string of the molecule is O=C(COc1ccc(F)cc1Br)NCc1ccc(S(=O)(=O)N2CCCCC2)cc1. The number of rotatable bonds is 7. The maximum absolute atomic E-state index is 13.1. The lowest BCUT2D eigenvalue weighted by Crippen LogP contribution is -2.35. The van der Waals surface area contributed by atoms with Crippen molar-refractivity contribution in [2.45, 2.75) is 30.7 Å². The molecule has 0 aromatic heterocycles. The fourth-order valence-electron chi connectivity index (χ4n) is 3.02. The van der Waals surface area contributed by atoms with E-state index in [2.05, 4.69) is 21.2 Å². The zero-order valence-corrected chi connectivity index (χ0v) is 18.1. The van der Waals surface area contributed by atoms with E-state index < -0.39 is 15.8 Å². The summed E-state index contributed by atoms with van der Waals surface area (Å²) in [5.41, 5.74) is 0.777. The molecule has 1 aliphatic rings. The van der Waals surface area contributed by atoms with Gasteiger partial charge in [-0.25, -0.2) is 12.8 Å². The molecule has 3 rings (SSSR count). The second kappa shape index (κ2) is 9.69. The van der Waals surface area contributed by atoms with Crippen LogP contribution >= 0.6 is 15.9 Å². The molecule has 0 aliphatic carbocycles. The predicted molar refractivity (Wildman–Crippen MR) is 110 cm³/mol. The lowest BCUT2D eigenvalue weighted by molar-refractivity contribution is -0.123. The van der Waals surface area contributed by atoms with Gasteiger partial charge in [-0.1, -0.05) is 18.6 Å². The average molecular weight is 485 g/mol. The summed E-state index contributed by atoms with van der Waals surface area (Å²) in [4.78, 5) is 12.2. The molecular formula is C20H22BrFN2O4S.